The van der Waals surface area contributed by atoms with Gasteiger partial charge in [0.2, 0.25) is 0 Å². The average Bonchev–Trinajstić information content (AvgIpc) is 2.80. The van der Waals surface area contributed by atoms with Crippen molar-refractivity contribution in [1.29, 1.82) is 0 Å². The van der Waals surface area contributed by atoms with Crippen LogP contribution in [0.5, 0.6) is 0 Å². The summed E-state index contributed by atoms with van der Waals surface area (Å²) in [6, 6.07) is 7.21. The molecule has 0 saturated carbocycles. The molecule has 1 N–H and O–H groups in total. The molecule has 0 spiro atoms. The highest BCUT2D eigenvalue weighted by atomic mass is 32.1. The molecule has 17 heavy (non-hydrogen) atoms. The lowest BCUT2D eigenvalue weighted by molar-refractivity contribution is -0.385. The van der Waals surface area contributed by atoms with E-state index in [0.29, 0.717) is 12.1 Å². The number of hydrogen-bond donors (Lipinski definition) is 1. The molecule has 0 aliphatic rings. The van der Waals surface area contributed by atoms with Crippen LogP contribution < -0.4 is 5.32 Å². The number of nitrogens with one attached hydrogen (secondary N) is 1. The molecular formula is C12H12N2O2S. The summed E-state index contributed by atoms with van der Waals surface area (Å²) in [6.07, 6.45) is 0. The zero-order valence-corrected chi connectivity index (χ0v) is 10.2. The first-order valence-corrected chi connectivity index (χ1v) is 6.11. The summed E-state index contributed by atoms with van der Waals surface area (Å²) in [4.78, 5) is 10.4. The van der Waals surface area contributed by atoms with Gasteiger partial charge in [0.1, 0.15) is 0 Å². The van der Waals surface area contributed by atoms with Crippen LogP contribution in [0, 0.1) is 17.0 Å². The minimum absolute atomic E-state index is 0.153. The van der Waals surface area contributed by atoms with Gasteiger partial charge < -0.3 is 5.32 Å². The van der Waals surface area contributed by atoms with Crippen molar-refractivity contribution >= 4 is 22.7 Å². The van der Waals surface area contributed by atoms with Crippen molar-refractivity contribution < 1.29 is 4.92 Å². The number of nitro benzene ring substituents is 1. The van der Waals surface area contributed by atoms with E-state index in [2.05, 4.69) is 10.7 Å². The maximum atomic E-state index is 10.8. The fourth-order valence-corrected chi connectivity index (χ4v) is 2.18. The minimum atomic E-state index is -0.356. The van der Waals surface area contributed by atoms with Gasteiger partial charge in [-0.2, -0.15) is 11.3 Å². The summed E-state index contributed by atoms with van der Waals surface area (Å²) < 4.78 is 0. The molecule has 0 atom stereocenters. The van der Waals surface area contributed by atoms with Crippen molar-refractivity contribution in [2.24, 2.45) is 0 Å². The summed E-state index contributed by atoms with van der Waals surface area (Å²) in [5.41, 5.74) is 2.78. The van der Waals surface area contributed by atoms with E-state index >= 15 is 0 Å². The van der Waals surface area contributed by atoms with E-state index in [4.69, 9.17) is 0 Å². The van der Waals surface area contributed by atoms with Gasteiger partial charge in [-0.15, -0.1) is 0 Å². The van der Waals surface area contributed by atoms with Crippen molar-refractivity contribution in [2.45, 2.75) is 13.5 Å². The van der Waals surface area contributed by atoms with Crippen LogP contribution in [-0.2, 0) is 6.54 Å². The molecular weight excluding hydrogens is 236 g/mol. The number of benzene rings is 1. The summed E-state index contributed by atoms with van der Waals surface area (Å²) in [7, 11) is 0. The Kier molecular flexibility index (Phi) is 3.39. The van der Waals surface area contributed by atoms with E-state index < -0.39 is 0 Å². The van der Waals surface area contributed by atoms with Gasteiger partial charge in [-0.05, 0) is 35.4 Å². The van der Waals surface area contributed by atoms with Crippen LogP contribution in [0.3, 0.4) is 0 Å². The Morgan fingerprint density at radius 3 is 2.88 bits per heavy atom. The van der Waals surface area contributed by atoms with Gasteiger partial charge in [-0.25, -0.2) is 0 Å². The highest BCUT2D eigenvalue weighted by Crippen LogP contribution is 2.22. The van der Waals surface area contributed by atoms with Gasteiger partial charge in [-0.1, -0.05) is 6.07 Å². The van der Waals surface area contributed by atoms with Gasteiger partial charge in [-0.3, -0.25) is 10.1 Å². The molecule has 5 heteroatoms. The van der Waals surface area contributed by atoms with Gasteiger partial charge in [0.15, 0.2) is 0 Å². The van der Waals surface area contributed by atoms with Crippen LogP contribution in [0.15, 0.2) is 35.0 Å². The SMILES string of the molecule is Cc1ccc(NCc2ccsc2)cc1[N+](=O)[O-]. The van der Waals surface area contributed by atoms with Crippen molar-refractivity contribution in [2.75, 3.05) is 5.32 Å². The zero-order valence-electron chi connectivity index (χ0n) is 9.34. The molecule has 0 fully saturated rings. The lowest BCUT2D eigenvalue weighted by Gasteiger charge is -2.05. The molecule has 4 nitrogen and oxygen atoms in total. The number of nitro groups is 1. The average molecular weight is 248 g/mol. The first-order valence-electron chi connectivity index (χ1n) is 5.17. The van der Waals surface area contributed by atoms with Crippen LogP contribution in [-0.4, -0.2) is 4.92 Å². The largest absolute Gasteiger partial charge is 0.381 e. The summed E-state index contributed by atoms with van der Waals surface area (Å²) >= 11 is 1.64. The van der Waals surface area contributed by atoms with Crippen molar-refractivity contribution in [1.82, 2.24) is 0 Å². The van der Waals surface area contributed by atoms with Gasteiger partial charge >= 0.3 is 0 Å². The fourth-order valence-electron chi connectivity index (χ4n) is 1.51. The highest BCUT2D eigenvalue weighted by molar-refractivity contribution is 7.07. The molecule has 1 aromatic heterocycles. The molecule has 1 aromatic carbocycles. The second kappa shape index (κ2) is 4.97. The van der Waals surface area contributed by atoms with Crippen LogP contribution in [0.25, 0.3) is 0 Å². The van der Waals surface area contributed by atoms with Crippen LogP contribution in [0.2, 0.25) is 0 Å². The molecule has 0 aliphatic carbocycles. The van der Waals surface area contributed by atoms with E-state index in [9.17, 15) is 10.1 Å². The number of hydrogen-bond acceptors (Lipinski definition) is 4. The van der Waals surface area contributed by atoms with E-state index in [1.54, 1.807) is 30.4 Å². The second-order valence-electron chi connectivity index (χ2n) is 3.74. The van der Waals surface area contributed by atoms with Crippen LogP contribution in [0.1, 0.15) is 11.1 Å². The molecule has 0 saturated heterocycles. The Labute approximate surface area is 103 Å². The summed E-state index contributed by atoms with van der Waals surface area (Å²) in [6.45, 7) is 2.42. The lowest BCUT2D eigenvalue weighted by atomic mass is 10.2. The Hall–Kier alpha value is -1.88. The third-order valence-corrected chi connectivity index (χ3v) is 3.21. The monoisotopic (exact) mass is 248 g/mol. The standard InChI is InChI=1S/C12H12N2O2S/c1-9-2-3-11(6-12(9)14(15)16)13-7-10-4-5-17-8-10/h2-6,8,13H,7H2,1H3. The lowest BCUT2D eigenvalue weighted by Crippen LogP contribution is -1.99. The normalized spacial score (nSPS) is 10.2. The number of anilines is 1. The molecule has 0 radical (unpaired) electrons. The first-order chi connectivity index (χ1) is 8.16. The van der Waals surface area contributed by atoms with E-state index in [0.717, 1.165) is 5.69 Å². The maximum Gasteiger partial charge on any atom is 0.274 e. The van der Waals surface area contributed by atoms with Gasteiger partial charge in [0.05, 0.1) is 4.92 Å². The zero-order chi connectivity index (χ0) is 12.3. The molecule has 0 aliphatic heterocycles. The molecule has 0 amide bonds. The molecule has 2 aromatic rings. The van der Waals surface area contributed by atoms with Crippen LogP contribution in [0.4, 0.5) is 11.4 Å². The van der Waals surface area contributed by atoms with Crippen LogP contribution >= 0.6 is 11.3 Å². The second-order valence-corrected chi connectivity index (χ2v) is 4.52. The Balaban J connectivity index is 2.11. The third-order valence-electron chi connectivity index (χ3n) is 2.48. The number of aryl methyl sites for hydroxylation is 1. The van der Waals surface area contributed by atoms with Crippen molar-refractivity contribution in [3.8, 4) is 0 Å². The first kappa shape index (κ1) is 11.6. The predicted octanol–water partition coefficient (Wildman–Crippen LogP) is 3.58. The van der Waals surface area contributed by atoms with Crippen molar-refractivity contribution in [3.63, 3.8) is 0 Å². The molecule has 1 heterocycles. The van der Waals surface area contributed by atoms with E-state index in [-0.39, 0.29) is 10.6 Å². The fraction of sp³-hybridized carbons (Fsp3) is 0.167. The quantitative estimate of drug-likeness (QED) is 0.664. The number of nitrogens with zero attached hydrogens (tertiary/aromatic N) is 1. The Bertz CT molecular complexity index is 523. The Morgan fingerprint density at radius 1 is 1.41 bits per heavy atom. The molecule has 0 unspecified atom stereocenters. The third kappa shape index (κ3) is 2.82. The molecule has 2 rings (SSSR count). The number of rotatable bonds is 4. The predicted molar refractivity (Wildman–Crippen MR) is 69.5 cm³/mol. The topological polar surface area (TPSA) is 55.2 Å². The van der Waals surface area contributed by atoms with E-state index in [1.807, 2.05) is 17.5 Å². The number of thiophene rings is 1. The van der Waals surface area contributed by atoms with Gasteiger partial charge in [0, 0.05) is 23.9 Å². The molecule has 88 valence electrons. The Morgan fingerprint density at radius 2 is 2.24 bits per heavy atom. The minimum Gasteiger partial charge on any atom is -0.381 e. The molecule has 0 bridgehead atoms. The highest BCUT2D eigenvalue weighted by Gasteiger charge is 2.10. The summed E-state index contributed by atoms with van der Waals surface area (Å²) in [5.74, 6) is 0. The maximum absolute atomic E-state index is 10.8. The van der Waals surface area contributed by atoms with Gasteiger partial charge in [0.25, 0.3) is 5.69 Å². The smallest absolute Gasteiger partial charge is 0.274 e. The van der Waals surface area contributed by atoms with E-state index in [1.165, 1.54) is 5.56 Å². The summed E-state index contributed by atoms with van der Waals surface area (Å²) in [5, 5.41) is 18.0. The van der Waals surface area contributed by atoms with Crippen molar-refractivity contribution in [3.05, 3.63) is 56.3 Å².